The number of halogens is 1. The smallest absolute Gasteiger partial charge is 0.273 e. The number of amides is 2. The molecule has 7 nitrogen and oxygen atoms in total. The molecule has 0 radical (unpaired) electrons. The van der Waals surface area contributed by atoms with E-state index in [9.17, 15) is 24.1 Å². The molecule has 0 fully saturated rings. The van der Waals surface area contributed by atoms with Gasteiger partial charge in [0, 0.05) is 24.2 Å². The summed E-state index contributed by atoms with van der Waals surface area (Å²) < 4.78 is 13.3. The minimum atomic E-state index is -0.755. The molecule has 0 spiro atoms. The van der Waals surface area contributed by atoms with Crippen LogP contribution in [-0.4, -0.2) is 33.7 Å². The fourth-order valence-electron chi connectivity index (χ4n) is 3.25. The van der Waals surface area contributed by atoms with Crippen molar-refractivity contribution in [2.45, 2.75) is 58.7 Å². The maximum Gasteiger partial charge on any atom is 0.273 e. The lowest BCUT2D eigenvalue weighted by atomic mass is 10.0. The van der Waals surface area contributed by atoms with E-state index < -0.39 is 22.7 Å². The van der Waals surface area contributed by atoms with E-state index in [0.29, 0.717) is 12.0 Å². The first-order valence-electron chi connectivity index (χ1n) is 10.3. The maximum absolute atomic E-state index is 13.3. The van der Waals surface area contributed by atoms with Crippen LogP contribution < -0.4 is 5.32 Å². The molecule has 2 amide bonds. The van der Waals surface area contributed by atoms with Crippen LogP contribution in [0.25, 0.3) is 0 Å². The van der Waals surface area contributed by atoms with Gasteiger partial charge >= 0.3 is 0 Å². The van der Waals surface area contributed by atoms with Crippen molar-refractivity contribution in [2.75, 3.05) is 0 Å². The van der Waals surface area contributed by atoms with Crippen LogP contribution in [0.5, 0.6) is 0 Å². The molecule has 0 aliphatic heterocycles. The lowest BCUT2D eigenvalue weighted by Crippen LogP contribution is -2.51. The zero-order chi connectivity index (χ0) is 23.0. The quantitative estimate of drug-likeness (QED) is 0.456. The normalized spacial score (nSPS) is 12.6. The van der Waals surface area contributed by atoms with Crippen molar-refractivity contribution in [1.29, 1.82) is 0 Å². The number of nitrogens with one attached hydrogen (secondary N) is 1. The molecule has 1 N–H and O–H groups in total. The highest BCUT2D eigenvalue weighted by Gasteiger charge is 2.30. The molecule has 0 bridgehead atoms. The van der Waals surface area contributed by atoms with Crippen LogP contribution in [0.4, 0.5) is 10.1 Å². The highest BCUT2D eigenvalue weighted by Crippen LogP contribution is 2.21. The lowest BCUT2D eigenvalue weighted by molar-refractivity contribution is -0.385. The molecule has 31 heavy (non-hydrogen) atoms. The molecular weight excluding hydrogens is 401 g/mol. The average Bonchev–Trinajstić information content (AvgIpc) is 2.75. The summed E-state index contributed by atoms with van der Waals surface area (Å²) in [6, 6.07) is 10.9. The predicted molar refractivity (Wildman–Crippen MR) is 116 cm³/mol. The van der Waals surface area contributed by atoms with Crippen molar-refractivity contribution in [1.82, 2.24) is 10.2 Å². The Morgan fingerprint density at radius 3 is 2.32 bits per heavy atom. The fraction of sp³-hybridized carbons (Fsp3) is 0.391. The van der Waals surface area contributed by atoms with E-state index >= 15 is 0 Å². The van der Waals surface area contributed by atoms with E-state index in [4.69, 9.17) is 0 Å². The van der Waals surface area contributed by atoms with Gasteiger partial charge in [-0.2, -0.15) is 0 Å². The first-order valence-corrected chi connectivity index (χ1v) is 10.3. The van der Waals surface area contributed by atoms with Crippen molar-refractivity contribution in [3.05, 3.63) is 75.6 Å². The van der Waals surface area contributed by atoms with Crippen LogP contribution in [0, 0.1) is 15.9 Å². The Bertz CT molecular complexity index is 917. The van der Waals surface area contributed by atoms with Gasteiger partial charge in [-0.3, -0.25) is 19.7 Å². The molecule has 0 unspecified atom stereocenters. The van der Waals surface area contributed by atoms with Crippen LogP contribution in [0.1, 0.15) is 44.7 Å². The number of hydrogen-bond donors (Lipinski definition) is 1. The fourth-order valence-corrected chi connectivity index (χ4v) is 3.25. The second-order valence-electron chi connectivity index (χ2n) is 7.45. The second kappa shape index (κ2) is 11.2. The van der Waals surface area contributed by atoms with E-state index in [1.807, 2.05) is 13.8 Å². The first-order chi connectivity index (χ1) is 14.8. The number of benzene rings is 2. The molecule has 2 rings (SSSR count). The summed E-state index contributed by atoms with van der Waals surface area (Å²) in [6.07, 6.45) is 0.891. The van der Waals surface area contributed by atoms with E-state index in [1.54, 1.807) is 25.1 Å². The number of nitro groups is 1. The van der Waals surface area contributed by atoms with Crippen LogP contribution in [0.2, 0.25) is 0 Å². The van der Waals surface area contributed by atoms with E-state index in [1.165, 1.54) is 35.2 Å². The molecule has 0 heterocycles. The van der Waals surface area contributed by atoms with Gasteiger partial charge in [-0.05, 0) is 37.5 Å². The molecule has 0 saturated heterocycles. The molecule has 0 saturated carbocycles. The van der Waals surface area contributed by atoms with Gasteiger partial charge in [0.25, 0.3) is 5.69 Å². The average molecular weight is 429 g/mol. The predicted octanol–water partition coefficient (Wildman–Crippen LogP) is 4.00. The highest BCUT2D eigenvalue weighted by molar-refractivity contribution is 5.89. The van der Waals surface area contributed by atoms with Gasteiger partial charge in [0.1, 0.15) is 11.9 Å². The largest absolute Gasteiger partial charge is 0.352 e. The van der Waals surface area contributed by atoms with Crippen LogP contribution in [0.15, 0.2) is 48.5 Å². The van der Waals surface area contributed by atoms with Gasteiger partial charge in [0.15, 0.2) is 0 Å². The Labute approximate surface area is 181 Å². The van der Waals surface area contributed by atoms with Crippen molar-refractivity contribution in [3.63, 3.8) is 0 Å². The zero-order valence-electron chi connectivity index (χ0n) is 18.0. The third-order valence-electron chi connectivity index (χ3n) is 5.18. The molecule has 8 heteroatoms. The molecule has 2 aromatic rings. The number of nitro benzene ring substituents is 1. The molecule has 2 aromatic carbocycles. The van der Waals surface area contributed by atoms with Gasteiger partial charge in [0.2, 0.25) is 11.8 Å². The molecule has 0 aromatic heterocycles. The number of carbonyl (C=O) groups excluding carboxylic acids is 2. The number of carbonyl (C=O) groups is 2. The Morgan fingerprint density at radius 1 is 1.10 bits per heavy atom. The van der Waals surface area contributed by atoms with E-state index in [-0.39, 0.29) is 36.2 Å². The van der Waals surface area contributed by atoms with Crippen molar-refractivity contribution < 1.29 is 18.9 Å². The summed E-state index contributed by atoms with van der Waals surface area (Å²) in [5.41, 5.74) is 0.792. The topological polar surface area (TPSA) is 92.6 Å². The number of rotatable bonds is 10. The van der Waals surface area contributed by atoms with Gasteiger partial charge in [-0.1, -0.05) is 44.2 Å². The zero-order valence-corrected chi connectivity index (χ0v) is 18.0. The second-order valence-corrected chi connectivity index (χ2v) is 7.45. The Kier molecular flexibility index (Phi) is 8.66. The van der Waals surface area contributed by atoms with Gasteiger partial charge in [-0.15, -0.1) is 0 Å². The summed E-state index contributed by atoms with van der Waals surface area (Å²) >= 11 is 0. The number of nitrogens with zero attached hydrogens (tertiary/aromatic N) is 2. The summed E-state index contributed by atoms with van der Waals surface area (Å²) in [5, 5.41) is 14.2. The summed E-state index contributed by atoms with van der Waals surface area (Å²) in [5.74, 6) is -1.09. The third-order valence-corrected chi connectivity index (χ3v) is 5.18. The number of para-hydroxylation sites is 1. The molecule has 166 valence electrons. The molecular formula is C23H28FN3O4. The summed E-state index contributed by atoms with van der Waals surface area (Å²) in [6.45, 7) is 5.72. The van der Waals surface area contributed by atoms with Gasteiger partial charge in [-0.25, -0.2) is 4.39 Å². The van der Waals surface area contributed by atoms with Crippen LogP contribution >= 0.6 is 0 Å². The molecule has 0 aliphatic carbocycles. The summed E-state index contributed by atoms with van der Waals surface area (Å²) in [4.78, 5) is 38.4. The van der Waals surface area contributed by atoms with Gasteiger partial charge in [0.05, 0.1) is 11.3 Å². The molecule has 0 aliphatic rings. The Hall–Kier alpha value is -3.29. The Balaban J connectivity index is 2.35. The van der Waals surface area contributed by atoms with Crippen LogP contribution in [-0.2, 0) is 22.6 Å². The third kappa shape index (κ3) is 6.60. The SMILES string of the molecule is CC[C@@H](C)NC(=O)[C@H](CC)N(Cc1ccc(F)cc1)C(=O)Cc1ccccc1[N+](=O)[O-]. The lowest BCUT2D eigenvalue weighted by Gasteiger charge is -2.31. The minimum absolute atomic E-state index is 0.0560. The van der Waals surface area contributed by atoms with Gasteiger partial charge < -0.3 is 10.2 Å². The standard InChI is InChI=1S/C23H28FN3O4/c1-4-16(3)25-23(29)20(5-2)26(15-17-10-12-19(24)13-11-17)22(28)14-18-8-6-7-9-21(18)27(30)31/h6-13,16,20H,4-5,14-15H2,1-3H3,(H,25,29)/t16-,20+/m1/s1. The van der Waals surface area contributed by atoms with Crippen LogP contribution in [0.3, 0.4) is 0 Å². The summed E-state index contributed by atoms with van der Waals surface area (Å²) in [7, 11) is 0. The van der Waals surface area contributed by atoms with E-state index in [0.717, 1.165) is 6.42 Å². The van der Waals surface area contributed by atoms with Crippen molar-refractivity contribution in [2.24, 2.45) is 0 Å². The first kappa shape index (κ1) is 24.0. The van der Waals surface area contributed by atoms with E-state index in [2.05, 4.69) is 5.32 Å². The van der Waals surface area contributed by atoms with Crippen molar-refractivity contribution >= 4 is 17.5 Å². The Morgan fingerprint density at radius 2 is 1.74 bits per heavy atom. The highest BCUT2D eigenvalue weighted by atomic mass is 19.1. The number of hydrogen-bond acceptors (Lipinski definition) is 4. The monoisotopic (exact) mass is 429 g/mol. The maximum atomic E-state index is 13.3. The minimum Gasteiger partial charge on any atom is -0.352 e. The molecule has 2 atom stereocenters. The van der Waals surface area contributed by atoms with Crippen molar-refractivity contribution in [3.8, 4) is 0 Å².